The van der Waals surface area contributed by atoms with Crippen LogP contribution in [0.25, 0.3) is 0 Å². The summed E-state index contributed by atoms with van der Waals surface area (Å²) in [6.45, 7) is 4.65. The van der Waals surface area contributed by atoms with Gasteiger partial charge in [-0.2, -0.15) is 0 Å². The normalized spacial score (nSPS) is 12.2. The third kappa shape index (κ3) is 4.20. The van der Waals surface area contributed by atoms with Gasteiger partial charge in [-0.15, -0.1) is 0 Å². The summed E-state index contributed by atoms with van der Waals surface area (Å²) in [4.78, 5) is 0. The van der Waals surface area contributed by atoms with E-state index in [2.05, 4.69) is 18.3 Å². The molecule has 0 saturated heterocycles. The zero-order valence-electron chi connectivity index (χ0n) is 11.7. The first-order chi connectivity index (χ1) is 8.72. The molecule has 1 atom stereocenters. The van der Waals surface area contributed by atoms with Gasteiger partial charge in [-0.05, 0) is 17.5 Å². The summed E-state index contributed by atoms with van der Waals surface area (Å²) < 4.78 is 15.6. The van der Waals surface area contributed by atoms with E-state index in [1.165, 1.54) is 5.56 Å². The van der Waals surface area contributed by atoms with Crippen LogP contribution in [0.2, 0.25) is 0 Å². The summed E-state index contributed by atoms with van der Waals surface area (Å²) in [7, 11) is 5.05. The van der Waals surface area contributed by atoms with Crippen LogP contribution in [-0.4, -0.2) is 41.0 Å². The van der Waals surface area contributed by atoms with Crippen LogP contribution in [0.15, 0.2) is 18.2 Å². The van der Waals surface area contributed by atoms with E-state index in [9.17, 15) is 0 Å². The lowest BCUT2D eigenvalue weighted by molar-refractivity contribution is 0.199. The van der Waals surface area contributed by atoms with Gasteiger partial charge in [0.1, 0.15) is 11.5 Å². The van der Waals surface area contributed by atoms with Crippen molar-refractivity contribution in [1.29, 1.82) is 0 Å². The summed E-state index contributed by atoms with van der Waals surface area (Å²) >= 11 is 0. The maximum Gasteiger partial charge on any atom is 0.126 e. The minimum Gasteiger partial charge on any atom is -0.497 e. The van der Waals surface area contributed by atoms with Crippen LogP contribution in [0.1, 0.15) is 18.4 Å². The molecule has 18 heavy (non-hydrogen) atoms. The summed E-state index contributed by atoms with van der Waals surface area (Å²) in [6.07, 6.45) is 0. The Morgan fingerprint density at radius 1 is 1.17 bits per heavy atom. The maximum absolute atomic E-state index is 5.40. The minimum absolute atomic E-state index is 0.378. The largest absolute Gasteiger partial charge is 0.497 e. The molecule has 4 heteroatoms. The predicted octanol–water partition coefficient (Wildman–Crippen LogP) is 2.04. The van der Waals surface area contributed by atoms with Gasteiger partial charge in [0.05, 0.1) is 20.8 Å². The van der Waals surface area contributed by atoms with Crippen molar-refractivity contribution in [2.24, 2.45) is 0 Å². The Morgan fingerprint density at radius 3 is 2.56 bits per heavy atom. The molecule has 0 aromatic heterocycles. The number of rotatable bonds is 8. The molecule has 0 aliphatic carbocycles. The molecular formula is C14H23NO3. The quantitative estimate of drug-likeness (QED) is 0.720. The lowest BCUT2D eigenvalue weighted by Crippen LogP contribution is -2.24. The Kier molecular flexibility index (Phi) is 6.54. The van der Waals surface area contributed by atoms with Crippen molar-refractivity contribution in [2.45, 2.75) is 12.8 Å². The van der Waals surface area contributed by atoms with E-state index in [-0.39, 0.29) is 0 Å². The summed E-state index contributed by atoms with van der Waals surface area (Å²) in [5.41, 5.74) is 1.18. The van der Waals surface area contributed by atoms with Gasteiger partial charge in [0, 0.05) is 26.3 Å². The van der Waals surface area contributed by atoms with E-state index >= 15 is 0 Å². The topological polar surface area (TPSA) is 39.7 Å². The van der Waals surface area contributed by atoms with Crippen molar-refractivity contribution in [1.82, 2.24) is 5.32 Å². The summed E-state index contributed by atoms with van der Waals surface area (Å²) in [6, 6.07) is 5.94. The molecule has 0 saturated carbocycles. The summed E-state index contributed by atoms with van der Waals surface area (Å²) in [5.74, 6) is 2.06. The molecule has 102 valence electrons. The molecule has 0 bridgehead atoms. The zero-order valence-corrected chi connectivity index (χ0v) is 11.7. The van der Waals surface area contributed by atoms with Crippen LogP contribution in [-0.2, 0) is 4.74 Å². The lowest BCUT2D eigenvalue weighted by atomic mass is 10.00. The third-order valence-electron chi connectivity index (χ3n) is 2.91. The first kappa shape index (κ1) is 14.8. The fraction of sp³-hybridized carbons (Fsp3) is 0.571. The molecule has 0 radical (unpaired) electrons. The monoisotopic (exact) mass is 253 g/mol. The second-order valence-corrected chi connectivity index (χ2v) is 4.21. The van der Waals surface area contributed by atoms with Crippen LogP contribution in [0.4, 0.5) is 0 Å². The second-order valence-electron chi connectivity index (χ2n) is 4.21. The SMILES string of the molecule is COCCNCC(C)c1ccc(OC)cc1OC. The van der Waals surface area contributed by atoms with Crippen molar-refractivity contribution < 1.29 is 14.2 Å². The van der Waals surface area contributed by atoms with E-state index in [1.807, 2.05) is 12.1 Å². The first-order valence-corrected chi connectivity index (χ1v) is 6.14. The fourth-order valence-electron chi connectivity index (χ4n) is 1.83. The molecule has 1 unspecified atom stereocenters. The Hall–Kier alpha value is -1.26. The highest BCUT2D eigenvalue weighted by atomic mass is 16.5. The number of benzene rings is 1. The van der Waals surface area contributed by atoms with Crippen molar-refractivity contribution in [2.75, 3.05) is 41.0 Å². The van der Waals surface area contributed by atoms with Gasteiger partial charge < -0.3 is 19.5 Å². The highest BCUT2D eigenvalue weighted by Gasteiger charge is 2.12. The number of hydrogen-bond donors (Lipinski definition) is 1. The molecular weight excluding hydrogens is 230 g/mol. The Labute approximate surface area is 109 Å². The van der Waals surface area contributed by atoms with E-state index in [0.717, 1.165) is 31.2 Å². The minimum atomic E-state index is 0.378. The predicted molar refractivity (Wildman–Crippen MR) is 72.7 cm³/mol. The van der Waals surface area contributed by atoms with E-state index < -0.39 is 0 Å². The standard InChI is InChI=1S/C14H23NO3/c1-11(10-15-7-8-16-2)13-6-5-12(17-3)9-14(13)18-4/h5-6,9,11,15H,7-8,10H2,1-4H3. The van der Waals surface area contributed by atoms with Crippen molar-refractivity contribution >= 4 is 0 Å². The molecule has 0 spiro atoms. The molecule has 0 fully saturated rings. The molecule has 0 aliphatic rings. The Morgan fingerprint density at radius 2 is 1.94 bits per heavy atom. The van der Waals surface area contributed by atoms with Gasteiger partial charge in [-0.1, -0.05) is 13.0 Å². The molecule has 0 amide bonds. The highest BCUT2D eigenvalue weighted by molar-refractivity contribution is 5.42. The van der Waals surface area contributed by atoms with Crippen molar-refractivity contribution in [3.05, 3.63) is 23.8 Å². The molecule has 1 rings (SSSR count). The fourth-order valence-corrected chi connectivity index (χ4v) is 1.83. The number of methoxy groups -OCH3 is 3. The number of ether oxygens (including phenoxy) is 3. The smallest absolute Gasteiger partial charge is 0.126 e. The maximum atomic E-state index is 5.40. The van der Waals surface area contributed by atoms with Gasteiger partial charge >= 0.3 is 0 Å². The van der Waals surface area contributed by atoms with Crippen molar-refractivity contribution in [3.63, 3.8) is 0 Å². The average Bonchev–Trinajstić information content (AvgIpc) is 2.42. The van der Waals surface area contributed by atoms with Gasteiger partial charge in [0.15, 0.2) is 0 Å². The van der Waals surface area contributed by atoms with E-state index in [4.69, 9.17) is 14.2 Å². The molecule has 1 aromatic carbocycles. The van der Waals surface area contributed by atoms with Crippen LogP contribution in [0.5, 0.6) is 11.5 Å². The van der Waals surface area contributed by atoms with Gasteiger partial charge in [0.2, 0.25) is 0 Å². The zero-order chi connectivity index (χ0) is 13.4. The van der Waals surface area contributed by atoms with Crippen LogP contribution in [0, 0.1) is 0 Å². The van der Waals surface area contributed by atoms with Gasteiger partial charge in [-0.25, -0.2) is 0 Å². The Bertz CT molecular complexity index is 355. The molecule has 0 aliphatic heterocycles. The van der Waals surface area contributed by atoms with Crippen LogP contribution >= 0.6 is 0 Å². The van der Waals surface area contributed by atoms with Gasteiger partial charge in [0.25, 0.3) is 0 Å². The summed E-state index contributed by atoms with van der Waals surface area (Å²) in [5, 5.41) is 3.35. The highest BCUT2D eigenvalue weighted by Crippen LogP contribution is 2.30. The van der Waals surface area contributed by atoms with E-state index in [0.29, 0.717) is 5.92 Å². The van der Waals surface area contributed by atoms with Crippen molar-refractivity contribution in [3.8, 4) is 11.5 Å². The number of hydrogen-bond acceptors (Lipinski definition) is 4. The Balaban J connectivity index is 2.63. The first-order valence-electron chi connectivity index (χ1n) is 6.14. The van der Waals surface area contributed by atoms with Crippen LogP contribution < -0.4 is 14.8 Å². The van der Waals surface area contributed by atoms with Crippen LogP contribution in [0.3, 0.4) is 0 Å². The molecule has 4 nitrogen and oxygen atoms in total. The second kappa shape index (κ2) is 7.95. The molecule has 1 N–H and O–H groups in total. The molecule has 1 aromatic rings. The molecule has 0 heterocycles. The lowest BCUT2D eigenvalue weighted by Gasteiger charge is -2.17. The van der Waals surface area contributed by atoms with Gasteiger partial charge in [-0.3, -0.25) is 0 Å². The third-order valence-corrected chi connectivity index (χ3v) is 2.91. The average molecular weight is 253 g/mol. The number of nitrogens with one attached hydrogen (secondary N) is 1. The van der Waals surface area contributed by atoms with E-state index in [1.54, 1.807) is 21.3 Å².